The number of rotatable bonds is 5. The molecule has 1 atom stereocenters. The first kappa shape index (κ1) is 14.6. The lowest BCUT2D eigenvalue weighted by Crippen LogP contribution is -3.06. The van der Waals surface area contributed by atoms with Gasteiger partial charge in [0.2, 0.25) is 0 Å². The van der Waals surface area contributed by atoms with Crippen LogP contribution in [0.1, 0.15) is 42.1 Å². The minimum absolute atomic E-state index is 0.638. The topological polar surface area (TPSA) is 36.8 Å². The molecule has 1 heterocycles. The van der Waals surface area contributed by atoms with Crippen molar-refractivity contribution in [3.63, 3.8) is 0 Å². The van der Waals surface area contributed by atoms with Gasteiger partial charge in [-0.25, -0.2) is 0 Å². The molecule has 1 aromatic carbocycles. The van der Waals surface area contributed by atoms with Crippen molar-refractivity contribution >= 4 is 10.9 Å². The van der Waals surface area contributed by atoms with Crippen LogP contribution in [-0.4, -0.2) is 32.2 Å². The fourth-order valence-corrected chi connectivity index (χ4v) is 3.62. The van der Waals surface area contributed by atoms with Crippen LogP contribution in [0.4, 0.5) is 0 Å². The van der Waals surface area contributed by atoms with E-state index in [0.29, 0.717) is 6.04 Å². The standard InChI is InChI=1S/C18H27N3/c1-13-8-9-16-15(12-13)14-6-4-7-17(18(14)20-16)19-10-5-11-21(2)3/h8-9,12,17,19-20H,4-7,10-11H2,1-3H3/p+2/t17-/m1/s1. The van der Waals surface area contributed by atoms with E-state index in [4.69, 9.17) is 0 Å². The molecule has 0 fully saturated rings. The zero-order valence-electron chi connectivity index (χ0n) is 13.6. The number of fused-ring (bicyclic) bond motifs is 3. The molecule has 0 aliphatic heterocycles. The summed E-state index contributed by atoms with van der Waals surface area (Å²) in [5, 5.41) is 4.02. The molecule has 0 amide bonds. The van der Waals surface area contributed by atoms with Gasteiger partial charge in [-0.15, -0.1) is 0 Å². The van der Waals surface area contributed by atoms with E-state index in [1.165, 1.54) is 60.9 Å². The highest BCUT2D eigenvalue weighted by molar-refractivity contribution is 5.85. The summed E-state index contributed by atoms with van der Waals surface area (Å²) >= 11 is 0. The highest BCUT2D eigenvalue weighted by Gasteiger charge is 2.26. The van der Waals surface area contributed by atoms with Crippen LogP contribution in [0.2, 0.25) is 0 Å². The third-order valence-corrected chi connectivity index (χ3v) is 4.74. The summed E-state index contributed by atoms with van der Waals surface area (Å²) in [6.07, 6.45) is 5.18. The average Bonchev–Trinajstić information content (AvgIpc) is 2.82. The van der Waals surface area contributed by atoms with Crippen LogP contribution in [0, 0.1) is 6.92 Å². The summed E-state index contributed by atoms with van der Waals surface area (Å²) in [7, 11) is 4.47. The average molecular weight is 287 g/mol. The minimum atomic E-state index is 0.638. The molecule has 1 aliphatic carbocycles. The molecule has 0 saturated heterocycles. The SMILES string of the molecule is Cc1ccc2[nH]c3c(c2c1)CCC[C@H]3[NH2+]CCC[NH+](C)C. The van der Waals surface area contributed by atoms with Gasteiger partial charge in [0.05, 0.1) is 32.9 Å². The molecule has 3 rings (SSSR count). The van der Waals surface area contributed by atoms with Gasteiger partial charge in [-0.1, -0.05) is 11.6 Å². The van der Waals surface area contributed by atoms with E-state index in [1.807, 2.05) is 0 Å². The predicted molar refractivity (Wildman–Crippen MR) is 87.8 cm³/mol. The van der Waals surface area contributed by atoms with Crippen molar-refractivity contribution in [2.24, 2.45) is 0 Å². The van der Waals surface area contributed by atoms with Crippen molar-refractivity contribution < 1.29 is 10.2 Å². The fourth-order valence-electron chi connectivity index (χ4n) is 3.62. The third kappa shape index (κ3) is 3.14. The second kappa shape index (κ2) is 6.20. The number of aromatic amines is 1. The van der Waals surface area contributed by atoms with E-state index >= 15 is 0 Å². The number of aromatic nitrogens is 1. The first-order chi connectivity index (χ1) is 10.1. The number of nitrogens with one attached hydrogen (secondary N) is 2. The van der Waals surface area contributed by atoms with Crippen molar-refractivity contribution in [1.82, 2.24) is 4.98 Å². The summed E-state index contributed by atoms with van der Waals surface area (Å²) < 4.78 is 0. The molecule has 0 spiro atoms. The second-order valence-corrected chi connectivity index (χ2v) is 6.90. The smallest absolute Gasteiger partial charge is 0.127 e. The Labute approximate surface area is 127 Å². The van der Waals surface area contributed by atoms with Gasteiger partial charge < -0.3 is 15.2 Å². The summed E-state index contributed by atoms with van der Waals surface area (Å²) in [6.45, 7) is 4.69. The van der Waals surface area contributed by atoms with Crippen LogP contribution in [0.3, 0.4) is 0 Å². The lowest BCUT2D eigenvalue weighted by atomic mass is 9.91. The van der Waals surface area contributed by atoms with Gasteiger partial charge >= 0.3 is 0 Å². The molecule has 21 heavy (non-hydrogen) atoms. The Morgan fingerprint density at radius 3 is 3.00 bits per heavy atom. The van der Waals surface area contributed by atoms with Gasteiger partial charge in [-0.2, -0.15) is 0 Å². The number of aryl methyl sites for hydroxylation is 2. The normalized spacial score (nSPS) is 18.4. The summed E-state index contributed by atoms with van der Waals surface area (Å²) in [6, 6.07) is 7.44. The Morgan fingerprint density at radius 2 is 2.19 bits per heavy atom. The Bertz CT molecular complexity index is 612. The van der Waals surface area contributed by atoms with Crippen LogP contribution >= 0.6 is 0 Å². The maximum Gasteiger partial charge on any atom is 0.127 e. The zero-order chi connectivity index (χ0) is 14.8. The Hall–Kier alpha value is -1.32. The lowest BCUT2D eigenvalue weighted by Gasteiger charge is -2.21. The number of hydrogen-bond acceptors (Lipinski definition) is 0. The highest BCUT2D eigenvalue weighted by Crippen LogP contribution is 2.33. The fraction of sp³-hybridized carbons (Fsp3) is 0.556. The monoisotopic (exact) mass is 287 g/mol. The first-order valence-electron chi connectivity index (χ1n) is 8.38. The van der Waals surface area contributed by atoms with Crippen LogP contribution < -0.4 is 10.2 Å². The van der Waals surface area contributed by atoms with E-state index in [1.54, 1.807) is 10.5 Å². The Morgan fingerprint density at radius 1 is 1.33 bits per heavy atom. The molecule has 4 N–H and O–H groups in total. The van der Waals surface area contributed by atoms with Crippen molar-refractivity contribution in [2.45, 2.75) is 38.6 Å². The third-order valence-electron chi connectivity index (χ3n) is 4.74. The minimum Gasteiger partial charge on any atom is -0.353 e. The van der Waals surface area contributed by atoms with Gasteiger partial charge in [-0.05, 0) is 37.5 Å². The zero-order valence-corrected chi connectivity index (χ0v) is 13.6. The molecule has 0 unspecified atom stereocenters. The maximum absolute atomic E-state index is 3.71. The molecule has 3 heteroatoms. The quantitative estimate of drug-likeness (QED) is 0.685. The predicted octanol–water partition coefficient (Wildman–Crippen LogP) is 0.952. The number of H-pyrrole nitrogens is 1. The number of benzene rings is 1. The lowest BCUT2D eigenvalue weighted by molar-refractivity contribution is -0.860. The van der Waals surface area contributed by atoms with Gasteiger partial charge in [0.1, 0.15) is 6.04 Å². The molecular weight excluding hydrogens is 258 g/mol. The van der Waals surface area contributed by atoms with E-state index < -0.39 is 0 Å². The van der Waals surface area contributed by atoms with Crippen molar-refractivity contribution in [3.8, 4) is 0 Å². The molecular formula is C18H29N3+2. The maximum atomic E-state index is 3.71. The van der Waals surface area contributed by atoms with Gasteiger partial charge in [0.25, 0.3) is 0 Å². The summed E-state index contributed by atoms with van der Waals surface area (Å²) in [4.78, 5) is 5.26. The largest absolute Gasteiger partial charge is 0.353 e. The summed E-state index contributed by atoms with van der Waals surface area (Å²) in [5.41, 5.74) is 5.77. The number of hydrogen-bond donors (Lipinski definition) is 3. The van der Waals surface area contributed by atoms with E-state index in [2.05, 4.69) is 49.5 Å². The van der Waals surface area contributed by atoms with Gasteiger partial charge in [-0.3, -0.25) is 0 Å². The molecule has 2 aromatic rings. The van der Waals surface area contributed by atoms with E-state index in [9.17, 15) is 0 Å². The van der Waals surface area contributed by atoms with Crippen LogP contribution in [0.5, 0.6) is 0 Å². The van der Waals surface area contributed by atoms with E-state index in [-0.39, 0.29) is 0 Å². The number of nitrogens with two attached hydrogens (primary N) is 1. The van der Waals surface area contributed by atoms with Crippen molar-refractivity contribution in [2.75, 3.05) is 27.2 Å². The van der Waals surface area contributed by atoms with E-state index in [0.717, 1.165) is 0 Å². The molecule has 0 radical (unpaired) electrons. The van der Waals surface area contributed by atoms with Crippen molar-refractivity contribution in [3.05, 3.63) is 35.0 Å². The summed E-state index contributed by atoms with van der Waals surface area (Å²) in [5.74, 6) is 0. The Balaban J connectivity index is 1.77. The number of quaternary nitrogens is 2. The Kier molecular flexibility index (Phi) is 4.32. The molecule has 0 saturated carbocycles. The molecule has 3 nitrogen and oxygen atoms in total. The molecule has 1 aromatic heterocycles. The van der Waals surface area contributed by atoms with Gasteiger partial charge in [0, 0.05) is 23.7 Å². The highest BCUT2D eigenvalue weighted by atomic mass is 15.1. The second-order valence-electron chi connectivity index (χ2n) is 6.90. The van der Waals surface area contributed by atoms with Crippen LogP contribution in [0.15, 0.2) is 18.2 Å². The first-order valence-corrected chi connectivity index (χ1v) is 8.38. The van der Waals surface area contributed by atoms with Crippen molar-refractivity contribution in [1.29, 1.82) is 0 Å². The molecule has 114 valence electrons. The van der Waals surface area contributed by atoms with Crippen LogP contribution in [-0.2, 0) is 6.42 Å². The molecule has 0 bridgehead atoms. The molecule has 1 aliphatic rings. The van der Waals surface area contributed by atoms with Gasteiger partial charge in [0.15, 0.2) is 0 Å². The van der Waals surface area contributed by atoms with Crippen LogP contribution in [0.25, 0.3) is 10.9 Å².